The lowest BCUT2D eigenvalue weighted by atomic mass is 10.3. The predicted octanol–water partition coefficient (Wildman–Crippen LogP) is 2.30. The molecule has 0 unspecified atom stereocenters. The van der Waals surface area contributed by atoms with Crippen LogP contribution in [0.5, 0.6) is 5.75 Å². The Kier molecular flexibility index (Phi) is 2.13. The minimum Gasteiger partial charge on any atom is -0.493 e. The van der Waals surface area contributed by atoms with Gasteiger partial charge in [-0.1, -0.05) is 6.92 Å². The zero-order chi connectivity index (χ0) is 9.26. The molecule has 0 radical (unpaired) electrons. The van der Waals surface area contributed by atoms with E-state index in [0.717, 1.165) is 29.9 Å². The van der Waals surface area contributed by atoms with Crippen molar-refractivity contribution in [2.24, 2.45) is 11.8 Å². The van der Waals surface area contributed by atoms with Gasteiger partial charge in [0.25, 0.3) is 0 Å². The molecule has 0 aromatic heterocycles. The Labute approximate surface area is 78.7 Å². The smallest absolute Gasteiger partial charge is 0.119 e. The third-order valence-corrected chi connectivity index (χ3v) is 2.62. The Morgan fingerprint density at radius 3 is 2.54 bits per heavy atom. The normalized spacial score (nSPS) is 25.6. The minimum atomic E-state index is 0.776. The summed E-state index contributed by atoms with van der Waals surface area (Å²) in [5.41, 5.74) is 6.35. The van der Waals surface area contributed by atoms with Crippen molar-refractivity contribution in [3.8, 4) is 5.75 Å². The van der Waals surface area contributed by atoms with Crippen LogP contribution in [0.2, 0.25) is 0 Å². The van der Waals surface area contributed by atoms with Crippen LogP contribution in [0.15, 0.2) is 24.3 Å². The van der Waals surface area contributed by atoms with Crippen molar-refractivity contribution in [1.82, 2.24) is 0 Å². The number of hydrogen-bond acceptors (Lipinski definition) is 2. The van der Waals surface area contributed by atoms with Crippen LogP contribution in [0.25, 0.3) is 0 Å². The van der Waals surface area contributed by atoms with E-state index < -0.39 is 0 Å². The zero-order valence-corrected chi connectivity index (χ0v) is 7.86. The summed E-state index contributed by atoms with van der Waals surface area (Å²) in [5.74, 6) is 2.56. The summed E-state index contributed by atoms with van der Waals surface area (Å²) in [6, 6.07) is 7.57. The molecule has 2 heteroatoms. The first kappa shape index (κ1) is 8.42. The van der Waals surface area contributed by atoms with Crippen molar-refractivity contribution >= 4 is 5.69 Å². The molecular formula is C11H15NO. The fraction of sp³-hybridized carbons (Fsp3) is 0.455. The average molecular weight is 177 g/mol. The van der Waals surface area contributed by atoms with E-state index in [1.165, 1.54) is 6.42 Å². The molecule has 0 aliphatic heterocycles. The van der Waals surface area contributed by atoms with E-state index in [9.17, 15) is 0 Å². The van der Waals surface area contributed by atoms with Crippen LogP contribution in [-0.2, 0) is 0 Å². The topological polar surface area (TPSA) is 35.2 Å². The first-order valence-corrected chi connectivity index (χ1v) is 4.74. The molecular weight excluding hydrogens is 162 g/mol. The number of hydrogen-bond donors (Lipinski definition) is 1. The van der Waals surface area contributed by atoms with Crippen LogP contribution in [0.4, 0.5) is 5.69 Å². The number of anilines is 1. The molecule has 1 aliphatic carbocycles. The molecule has 0 bridgehead atoms. The molecule has 13 heavy (non-hydrogen) atoms. The number of rotatable bonds is 3. The predicted molar refractivity (Wildman–Crippen MR) is 53.6 cm³/mol. The van der Waals surface area contributed by atoms with Crippen molar-refractivity contribution in [2.75, 3.05) is 12.3 Å². The first-order valence-electron chi connectivity index (χ1n) is 4.74. The van der Waals surface area contributed by atoms with Gasteiger partial charge < -0.3 is 10.5 Å². The van der Waals surface area contributed by atoms with Crippen LogP contribution in [0, 0.1) is 11.8 Å². The van der Waals surface area contributed by atoms with Gasteiger partial charge in [0.05, 0.1) is 6.61 Å². The average Bonchev–Trinajstić information content (AvgIpc) is 2.81. The van der Waals surface area contributed by atoms with Crippen LogP contribution < -0.4 is 10.5 Å². The van der Waals surface area contributed by atoms with Gasteiger partial charge in [-0.05, 0) is 42.5 Å². The molecule has 70 valence electrons. The molecule has 0 spiro atoms. The molecule has 1 aromatic carbocycles. The molecule has 0 amide bonds. The molecule has 0 saturated heterocycles. The number of nitrogens with two attached hydrogens (primary N) is 1. The van der Waals surface area contributed by atoms with E-state index in [2.05, 4.69) is 6.92 Å². The van der Waals surface area contributed by atoms with Crippen molar-refractivity contribution in [1.29, 1.82) is 0 Å². The van der Waals surface area contributed by atoms with Gasteiger partial charge in [-0.2, -0.15) is 0 Å². The van der Waals surface area contributed by atoms with E-state index in [4.69, 9.17) is 10.5 Å². The second kappa shape index (κ2) is 3.29. The van der Waals surface area contributed by atoms with Crippen molar-refractivity contribution in [3.63, 3.8) is 0 Å². The SMILES string of the molecule is C[C@H]1C[C@@H]1COc1ccc(N)cc1. The standard InChI is InChI=1S/C11H15NO/c1-8-6-9(8)7-13-11-4-2-10(12)3-5-11/h2-5,8-9H,6-7,12H2,1H3/t8-,9+/m0/s1. The monoisotopic (exact) mass is 177 g/mol. The summed E-state index contributed by atoms with van der Waals surface area (Å²) in [6.07, 6.45) is 1.31. The van der Waals surface area contributed by atoms with Gasteiger partial charge in [0.1, 0.15) is 5.75 Å². The highest BCUT2D eigenvalue weighted by atomic mass is 16.5. The number of nitrogen functional groups attached to an aromatic ring is 1. The molecule has 1 saturated carbocycles. The van der Waals surface area contributed by atoms with E-state index in [1.807, 2.05) is 24.3 Å². The van der Waals surface area contributed by atoms with Gasteiger partial charge >= 0.3 is 0 Å². The van der Waals surface area contributed by atoms with Crippen LogP contribution in [0.1, 0.15) is 13.3 Å². The van der Waals surface area contributed by atoms with Crippen LogP contribution >= 0.6 is 0 Å². The Hall–Kier alpha value is -1.18. The summed E-state index contributed by atoms with van der Waals surface area (Å²) in [6.45, 7) is 3.11. The largest absolute Gasteiger partial charge is 0.493 e. The lowest BCUT2D eigenvalue weighted by Crippen LogP contribution is -2.00. The highest BCUT2D eigenvalue weighted by Gasteiger charge is 2.32. The molecule has 0 heterocycles. The Morgan fingerprint density at radius 1 is 1.38 bits per heavy atom. The lowest BCUT2D eigenvalue weighted by molar-refractivity contribution is 0.293. The number of ether oxygens (including phenoxy) is 1. The van der Waals surface area contributed by atoms with E-state index >= 15 is 0 Å². The second-order valence-corrected chi connectivity index (χ2v) is 3.85. The van der Waals surface area contributed by atoms with Gasteiger partial charge in [0, 0.05) is 5.69 Å². The maximum absolute atomic E-state index is 5.60. The Morgan fingerprint density at radius 2 is 2.00 bits per heavy atom. The van der Waals surface area contributed by atoms with Crippen LogP contribution in [0.3, 0.4) is 0 Å². The van der Waals surface area contributed by atoms with Crippen LogP contribution in [-0.4, -0.2) is 6.61 Å². The lowest BCUT2D eigenvalue weighted by Gasteiger charge is -2.04. The highest BCUT2D eigenvalue weighted by molar-refractivity contribution is 5.41. The number of benzene rings is 1. The van der Waals surface area contributed by atoms with E-state index in [1.54, 1.807) is 0 Å². The third kappa shape index (κ3) is 2.14. The Balaban J connectivity index is 1.84. The molecule has 1 aliphatic rings. The van der Waals surface area contributed by atoms with Gasteiger partial charge in [-0.25, -0.2) is 0 Å². The van der Waals surface area contributed by atoms with Crippen molar-refractivity contribution in [2.45, 2.75) is 13.3 Å². The molecule has 2 nitrogen and oxygen atoms in total. The zero-order valence-electron chi connectivity index (χ0n) is 7.86. The minimum absolute atomic E-state index is 0.776. The maximum Gasteiger partial charge on any atom is 0.119 e. The van der Waals surface area contributed by atoms with Gasteiger partial charge in [-0.15, -0.1) is 0 Å². The molecule has 2 N–H and O–H groups in total. The van der Waals surface area contributed by atoms with E-state index in [-0.39, 0.29) is 0 Å². The summed E-state index contributed by atoms with van der Waals surface area (Å²) >= 11 is 0. The summed E-state index contributed by atoms with van der Waals surface area (Å²) in [4.78, 5) is 0. The highest BCUT2D eigenvalue weighted by Crippen LogP contribution is 2.37. The van der Waals surface area contributed by atoms with Gasteiger partial charge in [0.15, 0.2) is 0 Å². The van der Waals surface area contributed by atoms with Gasteiger partial charge in [-0.3, -0.25) is 0 Å². The molecule has 2 rings (SSSR count). The van der Waals surface area contributed by atoms with Gasteiger partial charge in [0.2, 0.25) is 0 Å². The van der Waals surface area contributed by atoms with E-state index in [0.29, 0.717) is 0 Å². The maximum atomic E-state index is 5.60. The molecule has 2 atom stereocenters. The fourth-order valence-corrected chi connectivity index (χ4v) is 1.40. The summed E-state index contributed by atoms with van der Waals surface area (Å²) in [5, 5.41) is 0. The molecule has 1 aromatic rings. The molecule has 1 fully saturated rings. The first-order chi connectivity index (χ1) is 6.25. The third-order valence-electron chi connectivity index (χ3n) is 2.62. The fourth-order valence-electron chi connectivity index (χ4n) is 1.40. The Bertz CT molecular complexity index is 281. The van der Waals surface area contributed by atoms with Crippen molar-refractivity contribution in [3.05, 3.63) is 24.3 Å². The summed E-state index contributed by atoms with van der Waals surface area (Å²) in [7, 11) is 0. The van der Waals surface area contributed by atoms with Crippen molar-refractivity contribution < 1.29 is 4.74 Å². The summed E-state index contributed by atoms with van der Waals surface area (Å²) < 4.78 is 5.60. The quantitative estimate of drug-likeness (QED) is 0.719. The second-order valence-electron chi connectivity index (χ2n) is 3.85.